The Kier molecular flexibility index (Phi) is 34.0. The molecule has 0 saturated carbocycles. The Morgan fingerprint density at radius 2 is 1.00 bits per heavy atom. The third-order valence-corrected chi connectivity index (χ3v) is 10.4. The topological polar surface area (TPSA) is 152 Å². The van der Waals surface area contributed by atoms with Crippen LogP contribution in [0, 0.1) is 0 Å². The fraction of sp³-hybridized carbons (Fsp3) is 0.867. The number of rotatable bonds is 37. The lowest BCUT2D eigenvalue weighted by Gasteiger charge is -2.39. The van der Waals surface area contributed by atoms with Gasteiger partial charge >= 0.3 is 11.9 Å². The zero-order valence-electron chi connectivity index (χ0n) is 34.9. The number of aliphatic hydroxyl groups is 4. The van der Waals surface area contributed by atoms with Gasteiger partial charge in [-0.15, -0.1) is 0 Å². The lowest BCUT2D eigenvalue weighted by molar-refractivity contribution is -0.305. The van der Waals surface area contributed by atoms with Crippen LogP contribution in [-0.2, 0) is 28.5 Å². The van der Waals surface area contributed by atoms with Crippen LogP contribution in [0.25, 0.3) is 0 Å². The van der Waals surface area contributed by atoms with Gasteiger partial charge in [0.15, 0.2) is 12.4 Å². The normalized spacial score (nSPS) is 20.7. The van der Waals surface area contributed by atoms with E-state index in [-0.39, 0.29) is 32.0 Å². The summed E-state index contributed by atoms with van der Waals surface area (Å²) in [4.78, 5) is 25.3. The van der Waals surface area contributed by atoms with Crippen molar-refractivity contribution in [1.29, 1.82) is 0 Å². The van der Waals surface area contributed by atoms with E-state index in [2.05, 4.69) is 38.2 Å². The highest BCUT2D eigenvalue weighted by Gasteiger charge is 2.44. The number of hydrogen-bond donors (Lipinski definition) is 4. The van der Waals surface area contributed by atoms with Crippen molar-refractivity contribution in [3.63, 3.8) is 0 Å². The maximum Gasteiger partial charge on any atom is 0.306 e. The van der Waals surface area contributed by atoms with Gasteiger partial charge in [0.05, 0.1) is 13.2 Å². The summed E-state index contributed by atoms with van der Waals surface area (Å²) in [6.07, 6.45) is 31.8. The van der Waals surface area contributed by atoms with Gasteiger partial charge in [-0.1, -0.05) is 167 Å². The lowest BCUT2D eigenvalue weighted by atomic mass is 9.99. The van der Waals surface area contributed by atoms with Crippen molar-refractivity contribution in [1.82, 2.24) is 0 Å². The van der Waals surface area contributed by atoms with Gasteiger partial charge in [-0.2, -0.15) is 0 Å². The van der Waals surface area contributed by atoms with E-state index >= 15 is 0 Å². The van der Waals surface area contributed by atoms with Crippen LogP contribution in [-0.4, -0.2) is 89.0 Å². The summed E-state index contributed by atoms with van der Waals surface area (Å²) in [5, 5.41) is 40.0. The predicted molar refractivity (Wildman–Crippen MR) is 219 cm³/mol. The summed E-state index contributed by atoms with van der Waals surface area (Å²) in [6.45, 7) is 3.40. The number of carbonyl (C=O) groups is 2. The Labute approximate surface area is 334 Å². The van der Waals surface area contributed by atoms with Crippen molar-refractivity contribution < 1.29 is 49.0 Å². The first kappa shape index (κ1) is 51.2. The minimum Gasteiger partial charge on any atom is -0.462 e. The van der Waals surface area contributed by atoms with Gasteiger partial charge in [0, 0.05) is 12.8 Å². The number of unbranched alkanes of at least 4 members (excludes halogenated alkanes) is 23. The maximum absolute atomic E-state index is 12.8. The van der Waals surface area contributed by atoms with E-state index in [1.54, 1.807) is 0 Å². The molecule has 322 valence electrons. The number of allylic oxidation sites excluding steroid dienone is 4. The van der Waals surface area contributed by atoms with Crippen LogP contribution in [0.1, 0.15) is 194 Å². The van der Waals surface area contributed by atoms with Gasteiger partial charge in [-0.05, 0) is 38.5 Å². The van der Waals surface area contributed by atoms with E-state index in [1.807, 2.05) is 0 Å². The van der Waals surface area contributed by atoms with E-state index in [4.69, 9.17) is 18.9 Å². The van der Waals surface area contributed by atoms with E-state index in [1.165, 1.54) is 96.3 Å². The lowest BCUT2D eigenvalue weighted by Crippen LogP contribution is -2.59. The average molecular weight is 783 g/mol. The van der Waals surface area contributed by atoms with Crippen LogP contribution in [0.2, 0.25) is 0 Å². The molecule has 1 fully saturated rings. The molecule has 1 aliphatic rings. The Morgan fingerprint density at radius 1 is 0.564 bits per heavy atom. The highest BCUT2D eigenvalue weighted by molar-refractivity contribution is 5.70. The minimum atomic E-state index is -1.59. The highest BCUT2D eigenvalue weighted by atomic mass is 16.7. The van der Waals surface area contributed by atoms with Crippen molar-refractivity contribution in [3.05, 3.63) is 24.3 Å². The van der Waals surface area contributed by atoms with Gasteiger partial charge in [-0.3, -0.25) is 9.59 Å². The second-order valence-electron chi connectivity index (χ2n) is 15.5. The molecular weight excluding hydrogens is 700 g/mol. The average Bonchev–Trinajstić information content (AvgIpc) is 3.18. The molecule has 0 aromatic rings. The fourth-order valence-electron chi connectivity index (χ4n) is 6.77. The van der Waals surface area contributed by atoms with Crippen molar-refractivity contribution >= 4 is 11.9 Å². The third kappa shape index (κ3) is 28.3. The largest absolute Gasteiger partial charge is 0.462 e. The van der Waals surface area contributed by atoms with Crippen LogP contribution >= 0.6 is 0 Å². The molecule has 10 heteroatoms. The fourth-order valence-corrected chi connectivity index (χ4v) is 6.77. The molecule has 0 aliphatic carbocycles. The Morgan fingerprint density at radius 3 is 1.49 bits per heavy atom. The molecule has 55 heavy (non-hydrogen) atoms. The van der Waals surface area contributed by atoms with E-state index < -0.39 is 49.4 Å². The molecule has 10 nitrogen and oxygen atoms in total. The van der Waals surface area contributed by atoms with Crippen molar-refractivity contribution in [2.45, 2.75) is 230 Å². The molecule has 1 heterocycles. The molecular formula is C45H82O10. The molecule has 1 aliphatic heterocycles. The monoisotopic (exact) mass is 783 g/mol. The molecule has 0 bridgehead atoms. The zero-order chi connectivity index (χ0) is 40.2. The molecule has 0 aromatic carbocycles. The first-order valence-corrected chi connectivity index (χ1v) is 22.4. The molecule has 1 rings (SSSR count). The molecule has 2 unspecified atom stereocenters. The smallest absolute Gasteiger partial charge is 0.306 e. The minimum absolute atomic E-state index is 0.222. The summed E-state index contributed by atoms with van der Waals surface area (Å²) in [6, 6.07) is 0. The third-order valence-electron chi connectivity index (χ3n) is 10.4. The van der Waals surface area contributed by atoms with Crippen LogP contribution < -0.4 is 0 Å². The first-order chi connectivity index (χ1) is 26.8. The highest BCUT2D eigenvalue weighted by Crippen LogP contribution is 2.23. The summed E-state index contributed by atoms with van der Waals surface area (Å²) >= 11 is 0. The molecule has 0 spiro atoms. The molecule has 4 N–H and O–H groups in total. The molecule has 6 atom stereocenters. The summed E-state index contributed by atoms with van der Waals surface area (Å²) < 4.78 is 22.1. The summed E-state index contributed by atoms with van der Waals surface area (Å²) in [7, 11) is 0. The number of esters is 2. The van der Waals surface area contributed by atoms with Gasteiger partial charge in [0.25, 0.3) is 0 Å². The number of hydrogen-bond acceptors (Lipinski definition) is 10. The van der Waals surface area contributed by atoms with Crippen LogP contribution in [0.4, 0.5) is 0 Å². The van der Waals surface area contributed by atoms with Crippen molar-refractivity contribution in [2.24, 2.45) is 0 Å². The number of aliphatic hydroxyl groups excluding tert-OH is 4. The van der Waals surface area contributed by atoms with Crippen molar-refractivity contribution in [3.8, 4) is 0 Å². The van der Waals surface area contributed by atoms with Crippen LogP contribution in [0.5, 0.6) is 0 Å². The molecule has 0 radical (unpaired) electrons. The van der Waals surface area contributed by atoms with Crippen LogP contribution in [0.3, 0.4) is 0 Å². The quantitative estimate of drug-likeness (QED) is 0.0273. The summed E-state index contributed by atoms with van der Waals surface area (Å²) in [5.74, 6) is -0.817. The summed E-state index contributed by atoms with van der Waals surface area (Å²) in [5.41, 5.74) is 0. The maximum atomic E-state index is 12.8. The Bertz CT molecular complexity index is 954. The molecule has 0 amide bonds. The number of ether oxygens (including phenoxy) is 4. The zero-order valence-corrected chi connectivity index (χ0v) is 34.9. The second kappa shape index (κ2) is 36.5. The predicted octanol–water partition coefficient (Wildman–Crippen LogP) is 9.33. The van der Waals surface area contributed by atoms with Crippen LogP contribution in [0.15, 0.2) is 24.3 Å². The molecule has 0 aromatic heterocycles. The molecule has 1 saturated heterocycles. The van der Waals surface area contributed by atoms with E-state index in [0.29, 0.717) is 12.8 Å². The Hall–Kier alpha value is -1.82. The van der Waals surface area contributed by atoms with E-state index in [9.17, 15) is 30.0 Å². The SMILES string of the molecule is CCCCCC/C=C/C=C/CCCCCCCC(=O)OC[C@@H](CO[C@H]1O[C@@H](CO)[C@@H](O)C(O)C1O)OC(=O)CCCCCCCCCCCCCCCCC. The second-order valence-corrected chi connectivity index (χ2v) is 15.5. The standard InChI is InChI=1S/C45H82O10/c1-3-5-7-9-11-13-15-17-19-21-23-25-27-29-31-33-40(47)52-36-38(37-53-45-44(51)43(50)42(49)39(35-46)55-45)54-41(48)34-32-30-28-26-24-22-20-18-16-14-12-10-8-6-4-2/h13,15,17,19,38-39,42-46,49-51H,3-12,14,16,18,20-37H2,1-2H3/b15-13+,19-17+/t38-,39-,42+,43?,44?,45-/m0/s1. The van der Waals surface area contributed by atoms with E-state index in [0.717, 1.165) is 57.8 Å². The van der Waals surface area contributed by atoms with Gasteiger partial charge in [0.1, 0.15) is 31.0 Å². The van der Waals surface area contributed by atoms with Crippen molar-refractivity contribution in [2.75, 3.05) is 19.8 Å². The number of carbonyl (C=O) groups excluding carboxylic acids is 2. The first-order valence-electron chi connectivity index (χ1n) is 22.4. The van der Waals surface area contributed by atoms with Gasteiger partial charge < -0.3 is 39.4 Å². The Balaban J connectivity index is 2.34. The van der Waals surface area contributed by atoms with Gasteiger partial charge in [-0.25, -0.2) is 0 Å². The van der Waals surface area contributed by atoms with Gasteiger partial charge in [0.2, 0.25) is 0 Å².